The molecule has 2 aromatic heterocycles. The number of hydrogen-bond acceptors (Lipinski definition) is 4. The standard InChI is InChI=1S/C18H20N4O2/c1-12(17-20-13-7-3-4-8-14(13)21(17)2)24-18(23)15-11-19-16-9-5-6-10-22(15)16/h3-4,7-8,11-12H,5-6,9-10H2,1-2H3. The minimum atomic E-state index is -0.426. The number of esters is 1. The Kier molecular flexibility index (Phi) is 3.59. The molecule has 0 radical (unpaired) electrons. The fourth-order valence-electron chi connectivity index (χ4n) is 3.38. The zero-order valence-corrected chi connectivity index (χ0v) is 13.9. The normalized spacial score (nSPS) is 15.2. The number of nitrogens with zero attached hydrogens (tertiary/aromatic N) is 4. The number of aryl methyl sites for hydroxylation is 2. The summed E-state index contributed by atoms with van der Waals surface area (Å²) in [6.45, 7) is 2.69. The van der Waals surface area contributed by atoms with E-state index in [2.05, 4.69) is 9.97 Å². The molecule has 0 bridgehead atoms. The highest BCUT2D eigenvalue weighted by Gasteiger charge is 2.24. The lowest BCUT2D eigenvalue weighted by molar-refractivity contribution is 0.0301. The van der Waals surface area contributed by atoms with Crippen LogP contribution in [0.4, 0.5) is 0 Å². The number of para-hydroxylation sites is 2. The largest absolute Gasteiger partial charge is 0.450 e. The van der Waals surface area contributed by atoms with Gasteiger partial charge in [0.25, 0.3) is 0 Å². The molecule has 1 aliphatic rings. The van der Waals surface area contributed by atoms with Crippen LogP contribution in [-0.4, -0.2) is 25.1 Å². The van der Waals surface area contributed by atoms with E-state index >= 15 is 0 Å². The Labute approximate surface area is 140 Å². The summed E-state index contributed by atoms with van der Waals surface area (Å²) >= 11 is 0. The molecule has 0 saturated carbocycles. The molecule has 0 fully saturated rings. The number of carbonyl (C=O) groups is 1. The Morgan fingerprint density at radius 3 is 2.96 bits per heavy atom. The predicted octanol–water partition coefficient (Wildman–Crippen LogP) is 3.02. The van der Waals surface area contributed by atoms with Gasteiger partial charge in [0.15, 0.2) is 11.9 Å². The van der Waals surface area contributed by atoms with Gasteiger partial charge in [0.05, 0.1) is 17.2 Å². The van der Waals surface area contributed by atoms with Crippen LogP contribution in [0, 0.1) is 0 Å². The molecule has 6 heteroatoms. The molecule has 0 aliphatic carbocycles. The first-order valence-electron chi connectivity index (χ1n) is 8.32. The van der Waals surface area contributed by atoms with Crippen LogP contribution < -0.4 is 0 Å². The van der Waals surface area contributed by atoms with E-state index in [9.17, 15) is 4.79 Å². The first kappa shape index (κ1) is 14.9. The second-order valence-corrected chi connectivity index (χ2v) is 6.23. The van der Waals surface area contributed by atoms with Crippen LogP contribution in [0.3, 0.4) is 0 Å². The van der Waals surface area contributed by atoms with Crippen LogP contribution in [-0.2, 0) is 24.8 Å². The molecular formula is C18H20N4O2. The summed E-state index contributed by atoms with van der Waals surface area (Å²) in [5, 5.41) is 0. The molecule has 0 spiro atoms. The summed E-state index contributed by atoms with van der Waals surface area (Å²) in [6, 6.07) is 7.89. The van der Waals surface area contributed by atoms with Crippen molar-refractivity contribution in [3.05, 3.63) is 47.8 Å². The number of hydrogen-bond donors (Lipinski definition) is 0. The van der Waals surface area contributed by atoms with Crippen LogP contribution >= 0.6 is 0 Å². The van der Waals surface area contributed by atoms with Crippen molar-refractivity contribution in [2.75, 3.05) is 0 Å². The maximum absolute atomic E-state index is 12.6. The molecule has 124 valence electrons. The third kappa shape index (κ3) is 2.38. The van der Waals surface area contributed by atoms with E-state index in [1.54, 1.807) is 6.20 Å². The van der Waals surface area contributed by atoms with Gasteiger partial charge in [0.2, 0.25) is 0 Å². The van der Waals surface area contributed by atoms with Gasteiger partial charge in [0.1, 0.15) is 11.5 Å². The summed E-state index contributed by atoms with van der Waals surface area (Å²) < 4.78 is 9.63. The van der Waals surface area contributed by atoms with Crippen molar-refractivity contribution in [1.82, 2.24) is 19.1 Å². The maximum Gasteiger partial charge on any atom is 0.357 e. The number of ether oxygens (including phenoxy) is 1. The van der Waals surface area contributed by atoms with Crippen LogP contribution in [0.25, 0.3) is 11.0 Å². The number of rotatable bonds is 3. The van der Waals surface area contributed by atoms with Crippen LogP contribution in [0.2, 0.25) is 0 Å². The van der Waals surface area contributed by atoms with Gasteiger partial charge in [-0.05, 0) is 31.9 Å². The molecular weight excluding hydrogens is 304 g/mol. The number of carbonyl (C=O) groups excluding carboxylic acids is 1. The molecule has 6 nitrogen and oxygen atoms in total. The fraction of sp³-hybridized carbons (Fsp3) is 0.389. The van der Waals surface area contributed by atoms with Gasteiger partial charge in [-0.15, -0.1) is 0 Å². The monoisotopic (exact) mass is 324 g/mol. The fourth-order valence-corrected chi connectivity index (χ4v) is 3.38. The Balaban J connectivity index is 1.59. The third-order valence-corrected chi connectivity index (χ3v) is 4.65. The van der Waals surface area contributed by atoms with Gasteiger partial charge in [-0.2, -0.15) is 0 Å². The lowest BCUT2D eigenvalue weighted by Crippen LogP contribution is -2.19. The lowest BCUT2D eigenvalue weighted by Gasteiger charge is -2.17. The minimum absolute atomic E-state index is 0.338. The summed E-state index contributed by atoms with van der Waals surface area (Å²) in [4.78, 5) is 21.5. The highest BCUT2D eigenvalue weighted by molar-refractivity contribution is 5.87. The topological polar surface area (TPSA) is 61.9 Å². The van der Waals surface area contributed by atoms with E-state index in [4.69, 9.17) is 4.74 Å². The molecule has 3 heterocycles. The van der Waals surface area contributed by atoms with Gasteiger partial charge in [-0.3, -0.25) is 0 Å². The summed E-state index contributed by atoms with van der Waals surface area (Å²) in [7, 11) is 1.94. The van der Waals surface area contributed by atoms with Crippen molar-refractivity contribution >= 4 is 17.0 Å². The molecule has 1 unspecified atom stereocenters. The summed E-state index contributed by atoms with van der Waals surface area (Å²) in [5.41, 5.74) is 2.46. The van der Waals surface area contributed by atoms with E-state index in [-0.39, 0.29) is 5.97 Å². The van der Waals surface area contributed by atoms with Gasteiger partial charge in [-0.1, -0.05) is 12.1 Å². The summed E-state index contributed by atoms with van der Waals surface area (Å²) in [6.07, 6.45) is 4.33. The van der Waals surface area contributed by atoms with Crippen molar-refractivity contribution < 1.29 is 9.53 Å². The minimum Gasteiger partial charge on any atom is -0.450 e. The molecule has 1 atom stereocenters. The van der Waals surface area contributed by atoms with Crippen molar-refractivity contribution in [1.29, 1.82) is 0 Å². The van der Waals surface area contributed by atoms with Gasteiger partial charge >= 0.3 is 5.97 Å². The SMILES string of the molecule is CC(OC(=O)c1cnc2n1CCCC2)c1nc2ccccc2n1C. The van der Waals surface area contributed by atoms with Crippen molar-refractivity contribution in [2.24, 2.45) is 7.05 Å². The summed E-state index contributed by atoms with van der Waals surface area (Å²) in [5.74, 6) is 1.38. The van der Waals surface area contributed by atoms with Crippen LogP contribution in [0.1, 0.15) is 48.0 Å². The average Bonchev–Trinajstić information content (AvgIpc) is 3.17. The smallest absolute Gasteiger partial charge is 0.357 e. The molecule has 1 aromatic carbocycles. The first-order valence-corrected chi connectivity index (χ1v) is 8.32. The molecule has 1 aliphatic heterocycles. The number of benzene rings is 1. The van der Waals surface area contributed by atoms with Crippen molar-refractivity contribution in [3.8, 4) is 0 Å². The lowest BCUT2D eigenvalue weighted by atomic mass is 10.1. The Bertz CT molecular complexity index is 909. The first-order chi connectivity index (χ1) is 11.6. The second-order valence-electron chi connectivity index (χ2n) is 6.23. The van der Waals surface area contributed by atoms with Crippen molar-refractivity contribution in [2.45, 2.75) is 38.8 Å². The van der Waals surface area contributed by atoms with E-state index < -0.39 is 6.10 Å². The highest BCUT2D eigenvalue weighted by Crippen LogP contribution is 2.23. The van der Waals surface area contributed by atoms with E-state index in [0.29, 0.717) is 5.69 Å². The van der Waals surface area contributed by atoms with Crippen LogP contribution in [0.15, 0.2) is 30.5 Å². The zero-order chi connectivity index (χ0) is 16.7. The molecule has 3 aromatic rings. The molecule has 0 amide bonds. The number of aromatic nitrogens is 4. The van der Waals surface area contributed by atoms with Gasteiger partial charge < -0.3 is 13.9 Å². The molecule has 0 N–H and O–H groups in total. The third-order valence-electron chi connectivity index (χ3n) is 4.65. The van der Waals surface area contributed by atoms with E-state index in [0.717, 1.165) is 48.5 Å². The Morgan fingerprint density at radius 1 is 1.29 bits per heavy atom. The molecule has 0 saturated heterocycles. The second kappa shape index (κ2) is 5.78. The number of imidazole rings is 2. The molecule has 24 heavy (non-hydrogen) atoms. The van der Waals surface area contributed by atoms with Gasteiger partial charge in [-0.25, -0.2) is 14.8 Å². The van der Waals surface area contributed by atoms with Crippen molar-refractivity contribution in [3.63, 3.8) is 0 Å². The predicted molar refractivity (Wildman–Crippen MR) is 89.7 cm³/mol. The van der Waals surface area contributed by atoms with Gasteiger partial charge in [0, 0.05) is 20.0 Å². The molecule has 4 rings (SSSR count). The average molecular weight is 324 g/mol. The zero-order valence-electron chi connectivity index (χ0n) is 13.9. The van der Waals surface area contributed by atoms with E-state index in [1.807, 2.05) is 47.4 Å². The highest BCUT2D eigenvalue weighted by atomic mass is 16.5. The maximum atomic E-state index is 12.6. The van der Waals surface area contributed by atoms with E-state index in [1.165, 1.54) is 0 Å². The Morgan fingerprint density at radius 2 is 2.12 bits per heavy atom. The van der Waals surface area contributed by atoms with Crippen LogP contribution in [0.5, 0.6) is 0 Å². The Hall–Kier alpha value is -2.63. The number of fused-ring (bicyclic) bond motifs is 2. The quantitative estimate of drug-likeness (QED) is 0.695.